The number of para-hydroxylation sites is 1. The maximum absolute atomic E-state index is 13.0. The first-order valence-corrected chi connectivity index (χ1v) is 12.5. The van der Waals surface area contributed by atoms with Crippen LogP contribution in [-0.4, -0.2) is 46.7 Å². The maximum Gasteiger partial charge on any atom is 0.322 e. The molecule has 3 N–H and O–H groups in total. The summed E-state index contributed by atoms with van der Waals surface area (Å²) in [5, 5.41) is 2.96. The number of hydrogen-bond acceptors (Lipinski definition) is 4. The van der Waals surface area contributed by atoms with Crippen LogP contribution < -0.4 is 11.1 Å². The lowest BCUT2D eigenvalue weighted by atomic mass is 9.96. The standard InChI is InChI=1S/C24H26Br2N4O3/c1-14(10-21(31)16-11-18(25)22(27)19(26)12-16)23(32)29-8-6-17(7-9-29)30-13-15-4-2-3-5-20(15)28-24(30)33/h2-5,11-12,14,17H,6-10,13,27H2,1H3,(H,28,33)/t14-/m1/s1. The van der Waals surface area contributed by atoms with Gasteiger partial charge in [-0.25, -0.2) is 4.79 Å². The molecule has 2 aromatic carbocycles. The lowest BCUT2D eigenvalue weighted by Gasteiger charge is -2.41. The van der Waals surface area contributed by atoms with Gasteiger partial charge in [0.05, 0.1) is 5.69 Å². The lowest BCUT2D eigenvalue weighted by Crippen LogP contribution is -2.51. The van der Waals surface area contributed by atoms with E-state index in [9.17, 15) is 14.4 Å². The van der Waals surface area contributed by atoms with E-state index in [1.54, 1.807) is 19.1 Å². The average molecular weight is 578 g/mol. The number of anilines is 2. The summed E-state index contributed by atoms with van der Waals surface area (Å²) < 4.78 is 1.29. The number of piperidine rings is 1. The van der Waals surface area contributed by atoms with Crippen molar-refractivity contribution in [2.75, 3.05) is 24.1 Å². The monoisotopic (exact) mass is 576 g/mol. The van der Waals surface area contributed by atoms with Crippen LogP contribution in [0.25, 0.3) is 0 Å². The van der Waals surface area contributed by atoms with E-state index in [0.29, 0.717) is 39.8 Å². The van der Waals surface area contributed by atoms with Gasteiger partial charge in [-0.2, -0.15) is 0 Å². The molecule has 1 saturated heterocycles. The molecule has 3 amide bonds. The second kappa shape index (κ2) is 9.85. The number of hydrogen-bond donors (Lipinski definition) is 2. The molecule has 1 atom stereocenters. The van der Waals surface area contributed by atoms with Crippen molar-refractivity contribution < 1.29 is 14.4 Å². The summed E-state index contributed by atoms with van der Waals surface area (Å²) in [7, 11) is 0. The fourth-order valence-corrected chi connectivity index (χ4v) is 5.64. The topological polar surface area (TPSA) is 95.7 Å². The Morgan fingerprint density at radius 3 is 2.45 bits per heavy atom. The highest BCUT2D eigenvalue weighted by Crippen LogP contribution is 2.31. The summed E-state index contributed by atoms with van der Waals surface area (Å²) in [6.45, 7) is 3.53. The van der Waals surface area contributed by atoms with Gasteiger partial charge in [-0.15, -0.1) is 0 Å². The first-order chi connectivity index (χ1) is 15.7. The van der Waals surface area contributed by atoms with Gasteiger partial charge in [0, 0.05) is 58.2 Å². The smallest absolute Gasteiger partial charge is 0.322 e. The molecule has 1 fully saturated rings. The minimum atomic E-state index is -0.422. The number of urea groups is 1. The SMILES string of the molecule is C[C@H](CC(=O)c1cc(Br)c(N)c(Br)c1)C(=O)N1CCC(N2Cc3ccccc3NC2=O)CC1. The fraction of sp³-hybridized carbons (Fsp3) is 0.375. The Morgan fingerprint density at radius 1 is 1.15 bits per heavy atom. The molecule has 0 radical (unpaired) electrons. The van der Waals surface area contributed by atoms with Crippen molar-refractivity contribution in [2.45, 2.75) is 38.8 Å². The number of rotatable bonds is 5. The Morgan fingerprint density at radius 2 is 1.79 bits per heavy atom. The number of amides is 3. The molecule has 9 heteroatoms. The molecule has 2 aliphatic heterocycles. The van der Waals surface area contributed by atoms with Gasteiger partial charge in [-0.1, -0.05) is 25.1 Å². The van der Waals surface area contributed by atoms with Crippen LogP contribution in [0.2, 0.25) is 0 Å². The highest BCUT2D eigenvalue weighted by atomic mass is 79.9. The number of nitrogen functional groups attached to an aromatic ring is 1. The van der Waals surface area contributed by atoms with Crippen molar-refractivity contribution in [1.29, 1.82) is 0 Å². The first-order valence-electron chi connectivity index (χ1n) is 11.0. The number of likely N-dealkylation sites (tertiary alicyclic amines) is 1. The molecule has 2 heterocycles. The van der Waals surface area contributed by atoms with Crippen LogP contribution in [0.1, 0.15) is 42.1 Å². The van der Waals surface area contributed by atoms with Crippen LogP contribution in [0, 0.1) is 5.92 Å². The van der Waals surface area contributed by atoms with Gasteiger partial charge in [-0.05, 0) is 68.5 Å². The molecule has 7 nitrogen and oxygen atoms in total. The number of carbonyl (C=O) groups excluding carboxylic acids is 3. The Bertz CT molecular complexity index is 1080. The molecule has 2 aromatic rings. The Balaban J connectivity index is 1.33. The third-order valence-corrected chi connectivity index (χ3v) is 7.70. The number of nitrogens with one attached hydrogen (secondary N) is 1. The van der Waals surface area contributed by atoms with Crippen LogP contribution in [-0.2, 0) is 11.3 Å². The van der Waals surface area contributed by atoms with Gasteiger partial charge in [-0.3, -0.25) is 9.59 Å². The predicted molar refractivity (Wildman–Crippen MR) is 135 cm³/mol. The van der Waals surface area contributed by atoms with E-state index < -0.39 is 5.92 Å². The van der Waals surface area contributed by atoms with Gasteiger partial charge < -0.3 is 20.9 Å². The number of ketones is 1. The zero-order valence-electron chi connectivity index (χ0n) is 18.3. The molecular weight excluding hydrogens is 552 g/mol. The molecule has 33 heavy (non-hydrogen) atoms. The van der Waals surface area contributed by atoms with E-state index in [2.05, 4.69) is 37.2 Å². The minimum Gasteiger partial charge on any atom is -0.397 e. The molecule has 0 aromatic heterocycles. The van der Waals surface area contributed by atoms with Crippen molar-refractivity contribution in [3.63, 3.8) is 0 Å². The van der Waals surface area contributed by atoms with Crippen molar-refractivity contribution in [2.24, 2.45) is 5.92 Å². The van der Waals surface area contributed by atoms with Gasteiger partial charge in [0.2, 0.25) is 5.91 Å². The van der Waals surface area contributed by atoms with Crippen LogP contribution in [0.3, 0.4) is 0 Å². The molecule has 0 aliphatic carbocycles. The molecule has 4 rings (SSSR count). The summed E-state index contributed by atoms with van der Waals surface area (Å²) in [6, 6.07) is 11.2. The number of carbonyl (C=O) groups is 3. The zero-order chi connectivity index (χ0) is 23.7. The highest BCUT2D eigenvalue weighted by molar-refractivity contribution is 9.11. The molecule has 174 valence electrons. The van der Waals surface area contributed by atoms with E-state index in [1.165, 1.54) is 0 Å². The largest absolute Gasteiger partial charge is 0.397 e. The van der Waals surface area contributed by atoms with E-state index in [-0.39, 0.29) is 30.2 Å². The molecule has 2 aliphatic rings. The van der Waals surface area contributed by atoms with Crippen molar-refractivity contribution >= 4 is 61.0 Å². The highest BCUT2D eigenvalue weighted by Gasteiger charge is 2.33. The van der Waals surface area contributed by atoms with Gasteiger partial charge in [0.25, 0.3) is 0 Å². The Labute approximate surface area is 209 Å². The number of Topliss-reactive ketones (excluding diaryl/α,β-unsaturated/α-hetero) is 1. The van der Waals surface area contributed by atoms with Crippen LogP contribution in [0.5, 0.6) is 0 Å². The average Bonchev–Trinajstić information content (AvgIpc) is 2.81. The first kappa shape index (κ1) is 23.8. The van der Waals surface area contributed by atoms with Crippen molar-refractivity contribution in [1.82, 2.24) is 9.80 Å². The van der Waals surface area contributed by atoms with E-state index >= 15 is 0 Å². The van der Waals surface area contributed by atoms with Gasteiger partial charge >= 0.3 is 6.03 Å². The summed E-state index contributed by atoms with van der Waals surface area (Å²) in [6.07, 6.45) is 1.58. The molecule has 0 bridgehead atoms. The van der Waals surface area contributed by atoms with E-state index in [4.69, 9.17) is 5.73 Å². The normalized spacial score (nSPS) is 17.4. The van der Waals surface area contributed by atoms with Gasteiger partial charge in [0.15, 0.2) is 5.78 Å². The molecule has 0 spiro atoms. The van der Waals surface area contributed by atoms with Crippen molar-refractivity contribution in [3.8, 4) is 0 Å². The van der Waals surface area contributed by atoms with Gasteiger partial charge in [0.1, 0.15) is 0 Å². The quantitative estimate of drug-likeness (QED) is 0.384. The third kappa shape index (κ3) is 5.09. The predicted octanol–water partition coefficient (Wildman–Crippen LogP) is 5.04. The van der Waals surface area contributed by atoms with Crippen LogP contribution >= 0.6 is 31.9 Å². The molecular formula is C24H26Br2N4O3. The zero-order valence-corrected chi connectivity index (χ0v) is 21.5. The maximum atomic E-state index is 13.0. The Hall–Kier alpha value is -2.39. The third-order valence-electron chi connectivity index (χ3n) is 6.39. The second-order valence-corrected chi connectivity index (χ2v) is 10.4. The van der Waals surface area contributed by atoms with E-state index in [1.807, 2.05) is 34.1 Å². The summed E-state index contributed by atoms with van der Waals surface area (Å²) >= 11 is 6.72. The minimum absolute atomic E-state index is 0.0242. The van der Waals surface area contributed by atoms with Crippen LogP contribution in [0.4, 0.5) is 16.2 Å². The summed E-state index contributed by atoms with van der Waals surface area (Å²) in [5.41, 5.74) is 8.91. The number of nitrogens with two attached hydrogens (primary N) is 1. The number of fused-ring (bicyclic) bond motifs is 1. The Kier molecular flexibility index (Phi) is 7.09. The molecule has 0 saturated carbocycles. The summed E-state index contributed by atoms with van der Waals surface area (Å²) in [4.78, 5) is 42.0. The number of nitrogens with zero attached hydrogens (tertiary/aromatic N) is 2. The van der Waals surface area contributed by atoms with Crippen molar-refractivity contribution in [3.05, 3.63) is 56.5 Å². The molecule has 0 unspecified atom stereocenters. The number of benzene rings is 2. The second-order valence-electron chi connectivity index (χ2n) is 8.65. The number of halogens is 2. The van der Waals surface area contributed by atoms with Crippen LogP contribution in [0.15, 0.2) is 45.3 Å². The summed E-state index contributed by atoms with van der Waals surface area (Å²) in [5.74, 6) is -0.547. The van der Waals surface area contributed by atoms with E-state index in [0.717, 1.165) is 24.1 Å². The fourth-order valence-electron chi connectivity index (χ4n) is 4.46. The lowest BCUT2D eigenvalue weighted by molar-refractivity contribution is -0.136.